The first-order valence-electron chi connectivity index (χ1n) is 7.65. The molecule has 0 bridgehead atoms. The third kappa shape index (κ3) is 4.12. The fraction of sp³-hybridized carbons (Fsp3) is 0.625. The van der Waals surface area contributed by atoms with Crippen LogP contribution in [0.3, 0.4) is 0 Å². The van der Waals surface area contributed by atoms with Crippen LogP contribution in [0.4, 0.5) is 0 Å². The van der Waals surface area contributed by atoms with Gasteiger partial charge < -0.3 is 20.4 Å². The van der Waals surface area contributed by atoms with E-state index in [0.29, 0.717) is 5.56 Å². The van der Waals surface area contributed by atoms with E-state index in [1.54, 1.807) is 18.2 Å². The Balaban J connectivity index is 1.81. The van der Waals surface area contributed by atoms with E-state index >= 15 is 0 Å². The summed E-state index contributed by atoms with van der Waals surface area (Å²) in [5.41, 5.74) is 0.586. The molecule has 20 heavy (non-hydrogen) atoms. The van der Waals surface area contributed by atoms with E-state index in [0.717, 1.165) is 13.1 Å². The molecule has 2 rings (SSSR count). The molecule has 4 nitrogen and oxygen atoms in total. The quantitative estimate of drug-likeness (QED) is 0.775. The van der Waals surface area contributed by atoms with Crippen molar-refractivity contribution in [2.45, 2.75) is 38.6 Å². The predicted octanol–water partition coefficient (Wildman–Crippen LogP) is 2.62. The van der Waals surface area contributed by atoms with E-state index in [-0.39, 0.29) is 17.5 Å². The zero-order chi connectivity index (χ0) is 14.4. The van der Waals surface area contributed by atoms with Gasteiger partial charge in [0.05, 0.1) is 5.56 Å². The van der Waals surface area contributed by atoms with Gasteiger partial charge in [-0.15, -0.1) is 0 Å². The predicted molar refractivity (Wildman–Crippen MR) is 81.1 cm³/mol. The highest BCUT2D eigenvalue weighted by Gasteiger charge is 2.15. The van der Waals surface area contributed by atoms with Crippen molar-refractivity contribution in [2.24, 2.45) is 0 Å². The van der Waals surface area contributed by atoms with E-state index in [2.05, 4.69) is 10.2 Å². The van der Waals surface area contributed by atoms with Gasteiger partial charge >= 0.3 is 0 Å². The van der Waals surface area contributed by atoms with E-state index in [9.17, 15) is 10.2 Å². The minimum atomic E-state index is -0.0526. The van der Waals surface area contributed by atoms with Crippen LogP contribution in [0.5, 0.6) is 11.5 Å². The maximum atomic E-state index is 9.84. The summed E-state index contributed by atoms with van der Waals surface area (Å²) in [6, 6.07) is 4.82. The molecule has 0 radical (unpaired) electrons. The third-order valence-electron chi connectivity index (χ3n) is 4.07. The molecular weight excluding hydrogens is 252 g/mol. The molecule has 1 fully saturated rings. The van der Waals surface area contributed by atoms with Crippen LogP contribution in [0.25, 0.3) is 0 Å². The van der Waals surface area contributed by atoms with Crippen molar-refractivity contribution in [3.8, 4) is 11.5 Å². The molecule has 112 valence electrons. The lowest BCUT2D eigenvalue weighted by molar-refractivity contribution is 0.279. The normalized spacial score (nSPS) is 18.6. The Bertz CT molecular complexity index is 395. The maximum Gasteiger partial charge on any atom is 0.124 e. The van der Waals surface area contributed by atoms with Gasteiger partial charge in [-0.3, -0.25) is 0 Å². The van der Waals surface area contributed by atoms with Crippen molar-refractivity contribution < 1.29 is 10.2 Å². The first kappa shape index (κ1) is 15.1. The Morgan fingerprint density at radius 1 is 1.10 bits per heavy atom. The van der Waals surface area contributed by atoms with Crippen LogP contribution in [0.15, 0.2) is 18.2 Å². The van der Waals surface area contributed by atoms with Gasteiger partial charge in [-0.25, -0.2) is 0 Å². The Kier molecular flexibility index (Phi) is 5.68. The smallest absolute Gasteiger partial charge is 0.124 e. The SMILES string of the molecule is CC(NCCN1CCCCCC1)c1c(O)cccc1O. The van der Waals surface area contributed by atoms with Gasteiger partial charge in [-0.05, 0) is 45.0 Å². The fourth-order valence-electron chi connectivity index (χ4n) is 2.89. The molecule has 1 aliphatic heterocycles. The van der Waals surface area contributed by atoms with Gasteiger partial charge in [0.2, 0.25) is 0 Å². The molecular formula is C16H26N2O2. The molecule has 1 aromatic rings. The summed E-state index contributed by atoms with van der Waals surface area (Å²) in [5.74, 6) is 0.305. The highest BCUT2D eigenvalue weighted by Crippen LogP contribution is 2.31. The summed E-state index contributed by atoms with van der Waals surface area (Å²) in [7, 11) is 0. The van der Waals surface area contributed by atoms with Gasteiger partial charge in [0.1, 0.15) is 11.5 Å². The summed E-state index contributed by atoms with van der Waals surface area (Å²) < 4.78 is 0. The van der Waals surface area contributed by atoms with Crippen molar-refractivity contribution in [3.63, 3.8) is 0 Å². The van der Waals surface area contributed by atoms with Crippen LogP contribution in [0.2, 0.25) is 0 Å². The molecule has 1 saturated heterocycles. The summed E-state index contributed by atoms with van der Waals surface area (Å²) >= 11 is 0. The number of likely N-dealkylation sites (tertiary alicyclic amines) is 1. The average molecular weight is 278 g/mol. The van der Waals surface area contributed by atoms with Crippen molar-refractivity contribution in [3.05, 3.63) is 23.8 Å². The van der Waals surface area contributed by atoms with Gasteiger partial charge in [0, 0.05) is 19.1 Å². The number of benzene rings is 1. The number of nitrogens with one attached hydrogen (secondary N) is 1. The molecule has 0 amide bonds. The van der Waals surface area contributed by atoms with Crippen molar-refractivity contribution in [1.82, 2.24) is 10.2 Å². The molecule has 4 heteroatoms. The zero-order valence-electron chi connectivity index (χ0n) is 12.3. The Morgan fingerprint density at radius 3 is 2.30 bits per heavy atom. The first-order chi connectivity index (χ1) is 9.68. The van der Waals surface area contributed by atoms with Crippen LogP contribution in [0, 0.1) is 0 Å². The van der Waals surface area contributed by atoms with Crippen LogP contribution >= 0.6 is 0 Å². The highest BCUT2D eigenvalue weighted by molar-refractivity contribution is 5.44. The van der Waals surface area contributed by atoms with Crippen LogP contribution < -0.4 is 5.32 Å². The maximum absolute atomic E-state index is 9.84. The Labute approximate surface area is 121 Å². The number of aromatic hydroxyl groups is 2. The van der Waals surface area contributed by atoms with Crippen LogP contribution in [-0.4, -0.2) is 41.3 Å². The molecule has 0 aromatic heterocycles. The van der Waals surface area contributed by atoms with Crippen LogP contribution in [-0.2, 0) is 0 Å². The summed E-state index contributed by atoms with van der Waals surface area (Å²) in [4.78, 5) is 2.50. The monoisotopic (exact) mass is 278 g/mol. The number of nitrogens with zero attached hydrogens (tertiary/aromatic N) is 1. The minimum Gasteiger partial charge on any atom is -0.507 e. The highest BCUT2D eigenvalue weighted by atomic mass is 16.3. The van der Waals surface area contributed by atoms with Crippen molar-refractivity contribution in [1.29, 1.82) is 0 Å². The second-order valence-corrected chi connectivity index (χ2v) is 5.64. The second-order valence-electron chi connectivity index (χ2n) is 5.64. The molecule has 1 aliphatic rings. The van der Waals surface area contributed by atoms with E-state index in [1.165, 1.54) is 38.8 Å². The third-order valence-corrected chi connectivity index (χ3v) is 4.07. The molecule has 0 spiro atoms. The lowest BCUT2D eigenvalue weighted by Gasteiger charge is -2.22. The largest absolute Gasteiger partial charge is 0.507 e. The molecule has 3 N–H and O–H groups in total. The topological polar surface area (TPSA) is 55.7 Å². The molecule has 1 unspecified atom stereocenters. The summed E-state index contributed by atoms with van der Waals surface area (Å²) in [6.07, 6.45) is 5.31. The van der Waals surface area contributed by atoms with Gasteiger partial charge in [0.15, 0.2) is 0 Å². The zero-order valence-corrected chi connectivity index (χ0v) is 12.3. The van der Waals surface area contributed by atoms with Crippen molar-refractivity contribution in [2.75, 3.05) is 26.2 Å². The van der Waals surface area contributed by atoms with Gasteiger partial charge in [0.25, 0.3) is 0 Å². The Morgan fingerprint density at radius 2 is 1.70 bits per heavy atom. The first-order valence-corrected chi connectivity index (χ1v) is 7.65. The molecule has 0 aliphatic carbocycles. The van der Waals surface area contributed by atoms with Crippen molar-refractivity contribution >= 4 is 0 Å². The molecule has 1 aromatic carbocycles. The number of hydrogen-bond acceptors (Lipinski definition) is 4. The Hall–Kier alpha value is -1.26. The second kappa shape index (κ2) is 7.50. The summed E-state index contributed by atoms with van der Waals surface area (Å²) in [6.45, 7) is 6.25. The number of rotatable bonds is 5. The van der Waals surface area contributed by atoms with E-state index < -0.39 is 0 Å². The molecule has 1 atom stereocenters. The standard InChI is InChI=1S/C16H26N2O2/c1-13(16-14(19)7-6-8-15(16)20)17-9-12-18-10-4-2-3-5-11-18/h6-8,13,17,19-20H,2-5,9-12H2,1H3. The number of phenols is 2. The lowest BCUT2D eigenvalue weighted by Crippen LogP contribution is -2.33. The fourth-order valence-corrected chi connectivity index (χ4v) is 2.89. The van der Waals surface area contributed by atoms with Crippen LogP contribution in [0.1, 0.15) is 44.2 Å². The van der Waals surface area contributed by atoms with E-state index in [4.69, 9.17) is 0 Å². The average Bonchev–Trinajstić information content (AvgIpc) is 2.67. The molecule has 0 saturated carbocycles. The number of phenolic OH excluding ortho intramolecular Hbond substituents is 2. The van der Waals surface area contributed by atoms with Gasteiger partial charge in [-0.1, -0.05) is 18.9 Å². The minimum absolute atomic E-state index is 0.0526. The van der Waals surface area contributed by atoms with E-state index in [1.807, 2.05) is 6.92 Å². The number of hydrogen-bond donors (Lipinski definition) is 3. The summed E-state index contributed by atoms with van der Waals surface area (Å²) in [5, 5.41) is 23.1. The molecule has 1 heterocycles. The van der Waals surface area contributed by atoms with Gasteiger partial charge in [-0.2, -0.15) is 0 Å². The lowest BCUT2D eigenvalue weighted by atomic mass is 10.1.